The lowest BCUT2D eigenvalue weighted by Gasteiger charge is -2.18. The summed E-state index contributed by atoms with van der Waals surface area (Å²) in [4.78, 5) is 18.1. The molecule has 0 aliphatic rings. The second kappa shape index (κ2) is 7.09. The van der Waals surface area contributed by atoms with E-state index in [4.69, 9.17) is 16.3 Å². The Hall–Kier alpha value is -2.07. The number of hydrogen-bond donors (Lipinski definition) is 0. The lowest BCUT2D eigenvalue weighted by atomic mass is 10.1. The second-order valence-electron chi connectivity index (χ2n) is 4.68. The molecule has 0 saturated heterocycles. The van der Waals surface area contributed by atoms with Gasteiger partial charge < -0.3 is 9.64 Å². The van der Waals surface area contributed by atoms with Crippen LogP contribution in [0.15, 0.2) is 42.7 Å². The summed E-state index contributed by atoms with van der Waals surface area (Å²) in [6.07, 6.45) is 4.27. The minimum atomic E-state index is -0.108. The van der Waals surface area contributed by atoms with Crippen molar-refractivity contribution >= 4 is 17.5 Å². The van der Waals surface area contributed by atoms with Crippen molar-refractivity contribution in [1.82, 2.24) is 9.88 Å². The Labute approximate surface area is 129 Å². The van der Waals surface area contributed by atoms with Crippen molar-refractivity contribution in [3.8, 4) is 5.75 Å². The van der Waals surface area contributed by atoms with Crippen molar-refractivity contribution in [2.45, 2.75) is 6.42 Å². The molecule has 4 nitrogen and oxygen atoms in total. The predicted octanol–water partition coefficient (Wildman–Crippen LogP) is 3.06. The lowest BCUT2D eigenvalue weighted by Crippen LogP contribution is -2.29. The zero-order valence-electron chi connectivity index (χ0n) is 12.0. The third-order valence-corrected chi connectivity index (χ3v) is 3.46. The van der Waals surface area contributed by atoms with Gasteiger partial charge in [0, 0.05) is 31.0 Å². The van der Waals surface area contributed by atoms with Crippen molar-refractivity contribution in [3.63, 3.8) is 0 Å². The van der Waals surface area contributed by atoms with Crippen molar-refractivity contribution in [2.24, 2.45) is 0 Å². The zero-order valence-corrected chi connectivity index (χ0v) is 12.8. The van der Waals surface area contributed by atoms with E-state index in [1.165, 1.54) is 7.11 Å². The third-order valence-electron chi connectivity index (χ3n) is 3.22. The summed E-state index contributed by atoms with van der Waals surface area (Å²) in [5, 5.41) is 0.515. The van der Waals surface area contributed by atoms with Crippen LogP contribution in [0.2, 0.25) is 5.02 Å². The molecule has 0 atom stereocenters. The molecule has 1 aromatic heterocycles. The average Bonchev–Trinajstić information content (AvgIpc) is 2.52. The Bertz CT molecular complexity index is 617. The van der Waals surface area contributed by atoms with E-state index in [0.29, 0.717) is 22.9 Å². The molecule has 0 unspecified atom stereocenters. The van der Waals surface area contributed by atoms with Crippen molar-refractivity contribution in [1.29, 1.82) is 0 Å². The van der Waals surface area contributed by atoms with E-state index in [9.17, 15) is 4.79 Å². The summed E-state index contributed by atoms with van der Waals surface area (Å²) in [6.45, 7) is 0.610. The van der Waals surface area contributed by atoms with Crippen molar-refractivity contribution < 1.29 is 9.53 Å². The maximum atomic E-state index is 12.5. The molecule has 2 rings (SSSR count). The van der Waals surface area contributed by atoms with Crippen LogP contribution in [0.3, 0.4) is 0 Å². The van der Waals surface area contributed by atoms with Crippen molar-refractivity contribution in [2.75, 3.05) is 20.7 Å². The molecular weight excluding hydrogens is 288 g/mol. The lowest BCUT2D eigenvalue weighted by molar-refractivity contribution is 0.0793. The first-order valence-electron chi connectivity index (χ1n) is 6.59. The number of halogens is 1. The number of pyridine rings is 1. The van der Waals surface area contributed by atoms with E-state index in [1.807, 2.05) is 12.1 Å². The first kappa shape index (κ1) is 15.3. The number of ether oxygens (including phenoxy) is 1. The summed E-state index contributed by atoms with van der Waals surface area (Å²) in [5.41, 5.74) is 1.62. The van der Waals surface area contributed by atoms with Gasteiger partial charge >= 0.3 is 0 Å². The fraction of sp³-hybridized carbons (Fsp3) is 0.250. The van der Waals surface area contributed by atoms with E-state index in [-0.39, 0.29) is 5.91 Å². The molecule has 0 bridgehead atoms. The fourth-order valence-corrected chi connectivity index (χ4v) is 2.17. The number of carbonyl (C=O) groups is 1. The Kier molecular flexibility index (Phi) is 5.17. The molecule has 0 spiro atoms. The summed E-state index contributed by atoms with van der Waals surface area (Å²) in [6, 6.07) is 8.92. The van der Waals surface area contributed by atoms with Gasteiger partial charge in [0.25, 0.3) is 5.91 Å². The largest absolute Gasteiger partial charge is 0.496 e. The Morgan fingerprint density at radius 3 is 2.67 bits per heavy atom. The SMILES string of the molecule is COc1ccc(Cl)cc1C(=O)N(C)CCc1ccncc1. The molecule has 0 saturated carbocycles. The minimum Gasteiger partial charge on any atom is -0.496 e. The molecule has 110 valence electrons. The van der Waals surface area contributed by atoms with E-state index < -0.39 is 0 Å². The maximum absolute atomic E-state index is 12.5. The van der Waals surface area contributed by atoms with Gasteiger partial charge in [0.1, 0.15) is 5.75 Å². The molecule has 1 heterocycles. The predicted molar refractivity (Wildman–Crippen MR) is 82.9 cm³/mol. The Morgan fingerprint density at radius 1 is 1.29 bits per heavy atom. The van der Waals surface area contributed by atoms with Gasteiger partial charge in [-0.1, -0.05) is 11.6 Å². The monoisotopic (exact) mass is 304 g/mol. The van der Waals surface area contributed by atoms with Gasteiger partial charge in [0.2, 0.25) is 0 Å². The van der Waals surface area contributed by atoms with Gasteiger partial charge in [-0.15, -0.1) is 0 Å². The molecule has 0 aliphatic carbocycles. The van der Waals surface area contributed by atoms with Crippen LogP contribution < -0.4 is 4.74 Å². The smallest absolute Gasteiger partial charge is 0.257 e. The number of rotatable bonds is 5. The van der Waals surface area contributed by atoms with E-state index in [1.54, 1.807) is 42.5 Å². The van der Waals surface area contributed by atoms with Gasteiger partial charge in [-0.05, 0) is 42.3 Å². The molecule has 5 heteroatoms. The van der Waals surface area contributed by atoms with Crippen LogP contribution in [0.25, 0.3) is 0 Å². The molecule has 0 fully saturated rings. The van der Waals surface area contributed by atoms with E-state index >= 15 is 0 Å². The topological polar surface area (TPSA) is 42.4 Å². The number of nitrogens with zero attached hydrogens (tertiary/aromatic N) is 2. The number of carbonyl (C=O) groups excluding carboxylic acids is 1. The van der Waals surface area contributed by atoms with Crippen molar-refractivity contribution in [3.05, 3.63) is 58.9 Å². The number of benzene rings is 1. The first-order valence-corrected chi connectivity index (χ1v) is 6.97. The molecular formula is C16H17ClN2O2. The second-order valence-corrected chi connectivity index (χ2v) is 5.11. The summed E-state index contributed by atoms with van der Waals surface area (Å²) in [7, 11) is 3.31. The molecule has 0 N–H and O–H groups in total. The number of amides is 1. The third kappa shape index (κ3) is 3.95. The zero-order chi connectivity index (χ0) is 15.2. The van der Waals surface area contributed by atoms with Crippen LogP contribution in [0.1, 0.15) is 15.9 Å². The standard InChI is InChI=1S/C16H17ClN2O2/c1-19(10-7-12-5-8-18-9-6-12)16(20)14-11-13(17)3-4-15(14)21-2/h3-6,8-9,11H,7,10H2,1-2H3. The quantitative estimate of drug-likeness (QED) is 0.852. The Morgan fingerprint density at radius 2 is 2.00 bits per heavy atom. The molecule has 0 aliphatic heterocycles. The molecule has 21 heavy (non-hydrogen) atoms. The Balaban J connectivity index is 2.07. The maximum Gasteiger partial charge on any atom is 0.257 e. The van der Waals surface area contributed by atoms with Gasteiger partial charge in [-0.3, -0.25) is 9.78 Å². The molecule has 1 aromatic carbocycles. The first-order chi connectivity index (χ1) is 10.1. The van der Waals surface area contributed by atoms with Gasteiger partial charge in [0.15, 0.2) is 0 Å². The van der Waals surface area contributed by atoms with Crippen LogP contribution in [-0.2, 0) is 6.42 Å². The van der Waals surface area contributed by atoms with Gasteiger partial charge in [-0.25, -0.2) is 0 Å². The van der Waals surface area contributed by atoms with E-state index in [2.05, 4.69) is 4.98 Å². The number of hydrogen-bond acceptors (Lipinski definition) is 3. The number of likely N-dealkylation sites (N-methyl/N-ethyl adjacent to an activating group) is 1. The van der Waals surface area contributed by atoms with Crippen LogP contribution in [0, 0.1) is 0 Å². The van der Waals surface area contributed by atoms with Gasteiger partial charge in [-0.2, -0.15) is 0 Å². The normalized spacial score (nSPS) is 10.2. The highest BCUT2D eigenvalue weighted by molar-refractivity contribution is 6.31. The summed E-state index contributed by atoms with van der Waals surface area (Å²) >= 11 is 5.96. The molecule has 1 amide bonds. The van der Waals surface area contributed by atoms with Crippen LogP contribution in [0.5, 0.6) is 5.75 Å². The number of aromatic nitrogens is 1. The van der Waals surface area contributed by atoms with Crippen LogP contribution in [0.4, 0.5) is 0 Å². The van der Waals surface area contributed by atoms with E-state index in [0.717, 1.165) is 12.0 Å². The molecule has 2 aromatic rings. The molecule has 0 radical (unpaired) electrons. The van der Waals surface area contributed by atoms with Crippen LogP contribution >= 0.6 is 11.6 Å². The summed E-state index contributed by atoms with van der Waals surface area (Å²) in [5.74, 6) is 0.420. The highest BCUT2D eigenvalue weighted by Crippen LogP contribution is 2.23. The van der Waals surface area contributed by atoms with Gasteiger partial charge in [0.05, 0.1) is 12.7 Å². The van der Waals surface area contributed by atoms with Crippen LogP contribution in [-0.4, -0.2) is 36.5 Å². The number of methoxy groups -OCH3 is 1. The minimum absolute atomic E-state index is 0.108. The summed E-state index contributed by atoms with van der Waals surface area (Å²) < 4.78 is 5.22. The fourth-order valence-electron chi connectivity index (χ4n) is 2.00. The average molecular weight is 305 g/mol. The highest BCUT2D eigenvalue weighted by Gasteiger charge is 2.17. The highest BCUT2D eigenvalue weighted by atomic mass is 35.5.